The molecule has 2 aromatic heterocycles. The van der Waals surface area contributed by atoms with E-state index in [1.54, 1.807) is 36.9 Å². The number of hydrogen-bond acceptors (Lipinski definition) is 7. The first-order valence-corrected chi connectivity index (χ1v) is 12.6. The van der Waals surface area contributed by atoms with Crippen molar-refractivity contribution in [2.75, 3.05) is 38.2 Å². The second-order valence-electron chi connectivity index (χ2n) is 8.49. The maximum absolute atomic E-state index is 12.6. The zero-order chi connectivity index (χ0) is 24.6. The zero-order valence-electron chi connectivity index (χ0n) is 20.0. The summed E-state index contributed by atoms with van der Waals surface area (Å²) in [6, 6.07) is 15.6. The van der Waals surface area contributed by atoms with Crippen molar-refractivity contribution in [3.8, 4) is 5.75 Å². The van der Waals surface area contributed by atoms with Gasteiger partial charge >= 0.3 is 11.8 Å². The Morgan fingerprint density at radius 2 is 1.83 bits per heavy atom. The van der Waals surface area contributed by atoms with Gasteiger partial charge in [0.1, 0.15) is 5.75 Å². The lowest BCUT2D eigenvalue weighted by molar-refractivity contribution is -0.140. The Labute approximate surface area is 209 Å². The molecule has 2 N–H and O–H groups in total. The van der Waals surface area contributed by atoms with Crippen LogP contribution in [0.5, 0.6) is 5.75 Å². The SMILES string of the molecule is COc1ccc(N2CCN([C@@H](c3cccs3)[C@H](C)NC(=O)C(=O)NCc3cccnc3)CC2)cc1. The highest BCUT2D eigenvalue weighted by atomic mass is 32.1. The van der Waals surface area contributed by atoms with Gasteiger partial charge < -0.3 is 20.3 Å². The van der Waals surface area contributed by atoms with E-state index < -0.39 is 11.8 Å². The van der Waals surface area contributed by atoms with Crippen LogP contribution in [-0.4, -0.2) is 61.0 Å². The van der Waals surface area contributed by atoms with Crippen molar-refractivity contribution < 1.29 is 14.3 Å². The quantitative estimate of drug-likeness (QED) is 0.470. The van der Waals surface area contributed by atoms with E-state index >= 15 is 0 Å². The normalized spacial score (nSPS) is 15.8. The number of thiophene rings is 1. The summed E-state index contributed by atoms with van der Waals surface area (Å²) < 4.78 is 5.27. The average molecular weight is 494 g/mol. The second-order valence-corrected chi connectivity index (χ2v) is 9.47. The number of nitrogens with one attached hydrogen (secondary N) is 2. The van der Waals surface area contributed by atoms with Crippen LogP contribution in [0.3, 0.4) is 0 Å². The van der Waals surface area contributed by atoms with E-state index in [4.69, 9.17) is 4.74 Å². The molecule has 8 nitrogen and oxygen atoms in total. The molecule has 1 saturated heterocycles. The van der Waals surface area contributed by atoms with Gasteiger partial charge in [0, 0.05) is 61.7 Å². The molecule has 2 amide bonds. The van der Waals surface area contributed by atoms with Crippen LogP contribution in [0.25, 0.3) is 0 Å². The number of benzene rings is 1. The molecule has 3 aromatic rings. The number of hydrogen-bond donors (Lipinski definition) is 2. The molecule has 0 bridgehead atoms. The first-order valence-electron chi connectivity index (χ1n) is 11.7. The number of anilines is 1. The summed E-state index contributed by atoms with van der Waals surface area (Å²) in [7, 11) is 1.67. The van der Waals surface area contributed by atoms with E-state index in [-0.39, 0.29) is 18.6 Å². The molecular weight excluding hydrogens is 462 g/mol. The van der Waals surface area contributed by atoms with Gasteiger partial charge in [-0.15, -0.1) is 11.3 Å². The number of rotatable bonds is 8. The van der Waals surface area contributed by atoms with Gasteiger partial charge in [-0.3, -0.25) is 19.5 Å². The third-order valence-electron chi connectivity index (χ3n) is 6.19. The summed E-state index contributed by atoms with van der Waals surface area (Å²) in [5.41, 5.74) is 2.01. The van der Waals surface area contributed by atoms with Crippen LogP contribution < -0.4 is 20.3 Å². The number of piperazine rings is 1. The van der Waals surface area contributed by atoms with E-state index in [0.717, 1.165) is 37.5 Å². The van der Waals surface area contributed by atoms with Crippen LogP contribution in [0.4, 0.5) is 5.69 Å². The number of carbonyl (C=O) groups excluding carboxylic acids is 2. The molecule has 0 saturated carbocycles. The van der Waals surface area contributed by atoms with Crippen LogP contribution in [0.1, 0.15) is 23.4 Å². The summed E-state index contributed by atoms with van der Waals surface area (Å²) in [5.74, 6) is -0.422. The molecule has 35 heavy (non-hydrogen) atoms. The molecule has 4 rings (SSSR count). The summed E-state index contributed by atoms with van der Waals surface area (Å²) in [6.45, 7) is 5.67. The van der Waals surface area contributed by atoms with Crippen LogP contribution >= 0.6 is 11.3 Å². The van der Waals surface area contributed by atoms with Crippen LogP contribution in [0.15, 0.2) is 66.3 Å². The molecule has 0 unspecified atom stereocenters. The highest BCUT2D eigenvalue weighted by Gasteiger charge is 2.32. The van der Waals surface area contributed by atoms with Gasteiger partial charge in [0.25, 0.3) is 0 Å². The van der Waals surface area contributed by atoms with E-state index in [1.165, 1.54) is 10.6 Å². The van der Waals surface area contributed by atoms with E-state index in [1.807, 2.05) is 36.6 Å². The fourth-order valence-corrected chi connectivity index (χ4v) is 5.33. The molecule has 1 aliphatic heterocycles. The summed E-state index contributed by atoms with van der Waals surface area (Å²) in [6.07, 6.45) is 3.33. The minimum atomic E-state index is -0.644. The molecule has 1 aromatic carbocycles. The lowest BCUT2D eigenvalue weighted by atomic mass is 10.0. The monoisotopic (exact) mass is 493 g/mol. The van der Waals surface area contributed by atoms with Gasteiger partial charge in [0.05, 0.1) is 13.2 Å². The molecular formula is C26H31N5O3S. The van der Waals surface area contributed by atoms with Gasteiger partial charge in [-0.1, -0.05) is 12.1 Å². The number of carbonyl (C=O) groups is 2. The van der Waals surface area contributed by atoms with Gasteiger partial charge in [-0.2, -0.15) is 0 Å². The van der Waals surface area contributed by atoms with Crippen molar-refractivity contribution in [3.63, 3.8) is 0 Å². The number of aromatic nitrogens is 1. The number of nitrogens with zero attached hydrogens (tertiary/aromatic N) is 3. The highest BCUT2D eigenvalue weighted by Crippen LogP contribution is 2.30. The zero-order valence-corrected chi connectivity index (χ0v) is 20.8. The highest BCUT2D eigenvalue weighted by molar-refractivity contribution is 7.10. The Morgan fingerprint density at radius 1 is 1.06 bits per heavy atom. The van der Waals surface area contributed by atoms with E-state index in [9.17, 15) is 9.59 Å². The van der Waals surface area contributed by atoms with Crippen molar-refractivity contribution in [2.24, 2.45) is 0 Å². The topological polar surface area (TPSA) is 86.8 Å². The van der Waals surface area contributed by atoms with Crippen molar-refractivity contribution >= 4 is 28.8 Å². The molecule has 184 valence electrons. The Morgan fingerprint density at radius 3 is 2.46 bits per heavy atom. The third kappa shape index (κ3) is 6.37. The maximum atomic E-state index is 12.6. The van der Waals surface area contributed by atoms with Crippen LogP contribution in [0, 0.1) is 0 Å². The molecule has 9 heteroatoms. The number of pyridine rings is 1. The first-order chi connectivity index (χ1) is 17.0. The number of amides is 2. The van der Waals surface area contributed by atoms with Gasteiger partial charge in [-0.25, -0.2) is 0 Å². The van der Waals surface area contributed by atoms with Gasteiger partial charge in [0.15, 0.2) is 0 Å². The van der Waals surface area contributed by atoms with Crippen LogP contribution in [0.2, 0.25) is 0 Å². The minimum Gasteiger partial charge on any atom is -0.497 e. The largest absolute Gasteiger partial charge is 0.497 e. The molecule has 3 heterocycles. The fraction of sp³-hybridized carbons (Fsp3) is 0.346. The fourth-order valence-electron chi connectivity index (χ4n) is 4.37. The average Bonchev–Trinajstić information content (AvgIpc) is 3.43. The van der Waals surface area contributed by atoms with Crippen molar-refractivity contribution in [3.05, 3.63) is 76.7 Å². The number of ether oxygens (including phenoxy) is 1. The van der Waals surface area contributed by atoms with E-state index in [0.29, 0.717) is 0 Å². The molecule has 0 aliphatic carbocycles. The smallest absolute Gasteiger partial charge is 0.309 e. The van der Waals surface area contributed by atoms with Gasteiger partial charge in [0.2, 0.25) is 0 Å². The lowest BCUT2D eigenvalue weighted by Gasteiger charge is -2.42. The predicted octanol–water partition coefficient (Wildman–Crippen LogP) is 2.84. The van der Waals surface area contributed by atoms with Gasteiger partial charge in [-0.05, 0) is 54.3 Å². The summed E-state index contributed by atoms with van der Waals surface area (Å²) in [4.78, 5) is 35.0. The van der Waals surface area contributed by atoms with E-state index in [2.05, 4.69) is 43.6 Å². The minimum absolute atomic E-state index is 0.0110. The molecule has 0 radical (unpaired) electrons. The third-order valence-corrected chi connectivity index (χ3v) is 7.14. The maximum Gasteiger partial charge on any atom is 0.309 e. The van der Waals surface area contributed by atoms with Crippen LogP contribution in [-0.2, 0) is 16.1 Å². The Kier molecular flexibility index (Phi) is 8.33. The van der Waals surface area contributed by atoms with Crippen molar-refractivity contribution in [1.82, 2.24) is 20.5 Å². The Hall–Kier alpha value is -3.43. The summed E-state index contributed by atoms with van der Waals surface area (Å²) in [5, 5.41) is 7.65. The first kappa shape index (κ1) is 24.7. The lowest BCUT2D eigenvalue weighted by Crippen LogP contribution is -2.53. The summed E-state index contributed by atoms with van der Waals surface area (Å²) >= 11 is 1.67. The van der Waals surface area contributed by atoms with Crippen molar-refractivity contribution in [2.45, 2.75) is 25.6 Å². The molecule has 0 spiro atoms. The molecule has 1 fully saturated rings. The molecule has 2 atom stereocenters. The predicted molar refractivity (Wildman–Crippen MR) is 138 cm³/mol. The number of methoxy groups -OCH3 is 1. The second kappa shape index (κ2) is 11.8. The molecule has 1 aliphatic rings. The standard InChI is InChI=1S/C26H31N5O3S/c1-19(29-26(33)25(32)28-18-20-5-3-11-27-17-20)24(23-6-4-16-35-23)31-14-12-30(13-15-31)21-7-9-22(34-2)10-8-21/h3-11,16-17,19,24H,12-15,18H2,1-2H3,(H,28,32)(H,29,33)/t19-,24+/m0/s1. The van der Waals surface area contributed by atoms with Crippen molar-refractivity contribution in [1.29, 1.82) is 0 Å². The Balaban J connectivity index is 1.36. The Bertz CT molecular complexity index is 1080.